The van der Waals surface area contributed by atoms with Crippen molar-refractivity contribution in [3.8, 4) is 0 Å². The Morgan fingerprint density at radius 3 is 2.84 bits per heavy atom. The fourth-order valence-electron chi connectivity index (χ4n) is 2.15. The zero-order chi connectivity index (χ0) is 13.8. The monoisotopic (exact) mass is 261 g/mol. The van der Waals surface area contributed by atoms with Crippen LogP contribution in [0.2, 0.25) is 0 Å². The van der Waals surface area contributed by atoms with Gasteiger partial charge in [-0.3, -0.25) is 9.36 Å². The summed E-state index contributed by atoms with van der Waals surface area (Å²) < 4.78 is 3.88. The highest BCUT2D eigenvalue weighted by Crippen LogP contribution is 2.12. The molecule has 1 unspecified atom stereocenters. The van der Waals surface area contributed by atoms with Crippen molar-refractivity contribution in [2.75, 3.05) is 6.54 Å². The van der Waals surface area contributed by atoms with Gasteiger partial charge in [-0.1, -0.05) is 6.92 Å². The molecule has 0 saturated heterocycles. The summed E-state index contributed by atoms with van der Waals surface area (Å²) in [5, 5.41) is 12.2. The second-order valence-corrected chi connectivity index (χ2v) is 5.05. The Morgan fingerprint density at radius 1 is 1.42 bits per heavy atom. The van der Waals surface area contributed by atoms with Gasteiger partial charge in [0.05, 0.1) is 24.1 Å². The van der Waals surface area contributed by atoms with E-state index in [0.717, 1.165) is 25.2 Å². The minimum atomic E-state index is 0.349. The number of nitrogens with zero attached hydrogens (tertiary/aromatic N) is 4. The van der Waals surface area contributed by atoms with Crippen LogP contribution in [0.4, 0.5) is 0 Å². The van der Waals surface area contributed by atoms with Crippen LogP contribution in [0.25, 0.3) is 0 Å². The molecule has 2 heterocycles. The quantitative estimate of drug-likeness (QED) is 0.865. The Bertz CT molecular complexity index is 526. The van der Waals surface area contributed by atoms with Crippen LogP contribution in [0.15, 0.2) is 18.5 Å². The van der Waals surface area contributed by atoms with Gasteiger partial charge in [0.1, 0.15) is 0 Å². The van der Waals surface area contributed by atoms with Gasteiger partial charge in [-0.15, -0.1) is 0 Å². The van der Waals surface area contributed by atoms with Gasteiger partial charge in [0, 0.05) is 24.8 Å². The zero-order valence-electron chi connectivity index (χ0n) is 12.2. The van der Waals surface area contributed by atoms with E-state index < -0.39 is 0 Å². The minimum Gasteiger partial charge on any atom is -0.310 e. The minimum absolute atomic E-state index is 0.349. The van der Waals surface area contributed by atoms with E-state index >= 15 is 0 Å². The number of nitrogens with one attached hydrogen (secondary N) is 1. The Kier molecular flexibility index (Phi) is 4.37. The smallest absolute Gasteiger partial charge is 0.0828 e. The summed E-state index contributed by atoms with van der Waals surface area (Å²) in [6, 6.07) is 2.45. The summed E-state index contributed by atoms with van der Waals surface area (Å²) in [6.07, 6.45) is 5.19. The fourth-order valence-corrected chi connectivity index (χ4v) is 2.15. The van der Waals surface area contributed by atoms with E-state index in [9.17, 15) is 0 Å². The van der Waals surface area contributed by atoms with Gasteiger partial charge in [-0.05, 0) is 32.9 Å². The van der Waals surface area contributed by atoms with Gasteiger partial charge in [-0.2, -0.15) is 10.2 Å². The first-order valence-electron chi connectivity index (χ1n) is 6.85. The molecule has 19 heavy (non-hydrogen) atoms. The molecule has 0 aliphatic heterocycles. The third-order valence-corrected chi connectivity index (χ3v) is 3.28. The lowest BCUT2D eigenvalue weighted by molar-refractivity contribution is 0.568. The van der Waals surface area contributed by atoms with Crippen LogP contribution in [0.5, 0.6) is 0 Å². The van der Waals surface area contributed by atoms with E-state index in [1.54, 1.807) is 0 Å². The molecule has 0 spiro atoms. The molecule has 5 heteroatoms. The van der Waals surface area contributed by atoms with Gasteiger partial charge in [0.25, 0.3) is 0 Å². The van der Waals surface area contributed by atoms with Gasteiger partial charge in [0.15, 0.2) is 0 Å². The second kappa shape index (κ2) is 6.02. The summed E-state index contributed by atoms with van der Waals surface area (Å²) in [5.41, 5.74) is 3.44. The van der Waals surface area contributed by atoms with Crippen LogP contribution >= 0.6 is 0 Å². The maximum absolute atomic E-state index is 4.43. The van der Waals surface area contributed by atoms with Gasteiger partial charge < -0.3 is 5.32 Å². The van der Waals surface area contributed by atoms with Gasteiger partial charge in [-0.25, -0.2) is 0 Å². The van der Waals surface area contributed by atoms with Crippen molar-refractivity contribution in [2.24, 2.45) is 7.05 Å². The molecule has 0 fully saturated rings. The average molecular weight is 261 g/mol. The Balaban J connectivity index is 2.03. The first-order chi connectivity index (χ1) is 9.10. The highest BCUT2D eigenvalue weighted by molar-refractivity contribution is 5.12. The summed E-state index contributed by atoms with van der Waals surface area (Å²) >= 11 is 0. The van der Waals surface area contributed by atoms with E-state index in [4.69, 9.17) is 0 Å². The van der Waals surface area contributed by atoms with Crippen LogP contribution < -0.4 is 5.32 Å². The molecule has 1 atom stereocenters. The summed E-state index contributed by atoms with van der Waals surface area (Å²) in [6.45, 7) is 8.15. The first-order valence-corrected chi connectivity index (χ1v) is 6.85. The van der Waals surface area contributed by atoms with E-state index in [2.05, 4.69) is 41.6 Å². The van der Waals surface area contributed by atoms with Crippen LogP contribution in [-0.2, 0) is 13.6 Å². The van der Waals surface area contributed by atoms with Gasteiger partial charge in [0.2, 0.25) is 0 Å². The lowest BCUT2D eigenvalue weighted by Gasteiger charge is -2.10. The number of hydrogen-bond donors (Lipinski definition) is 1. The lowest BCUT2D eigenvalue weighted by atomic mass is 10.2. The third kappa shape index (κ3) is 3.44. The molecule has 0 aliphatic rings. The Labute approximate surface area is 114 Å². The van der Waals surface area contributed by atoms with Crippen molar-refractivity contribution < 1.29 is 0 Å². The molecule has 1 N–H and O–H groups in total. The standard InChI is InChI=1S/C14H23N5/c1-5-6-15-12(3)13-8-16-19(9-13)10-14-7-11(2)17-18(14)4/h7-9,12,15H,5-6,10H2,1-4H3. The third-order valence-electron chi connectivity index (χ3n) is 3.28. The van der Waals surface area contributed by atoms with E-state index in [-0.39, 0.29) is 0 Å². The Morgan fingerprint density at radius 2 is 2.21 bits per heavy atom. The predicted octanol–water partition coefficient (Wildman–Crippen LogP) is 2.03. The van der Waals surface area contributed by atoms with Crippen LogP contribution in [-0.4, -0.2) is 26.1 Å². The molecule has 2 rings (SSSR count). The topological polar surface area (TPSA) is 47.7 Å². The van der Waals surface area contributed by atoms with Crippen LogP contribution in [0.1, 0.15) is 43.3 Å². The molecule has 0 radical (unpaired) electrons. The first kappa shape index (κ1) is 13.8. The van der Waals surface area contributed by atoms with Crippen molar-refractivity contribution in [1.29, 1.82) is 0 Å². The number of rotatable bonds is 6. The normalized spacial score (nSPS) is 12.8. The maximum Gasteiger partial charge on any atom is 0.0828 e. The number of aromatic nitrogens is 4. The highest BCUT2D eigenvalue weighted by Gasteiger charge is 2.08. The molecule has 0 aromatic carbocycles. The second-order valence-electron chi connectivity index (χ2n) is 5.05. The van der Waals surface area contributed by atoms with Crippen LogP contribution in [0, 0.1) is 6.92 Å². The molecule has 2 aromatic rings. The van der Waals surface area contributed by atoms with Gasteiger partial charge >= 0.3 is 0 Å². The van der Waals surface area contributed by atoms with E-state index in [1.807, 2.05) is 29.5 Å². The molecule has 5 nitrogen and oxygen atoms in total. The molecule has 0 amide bonds. The molecular formula is C14H23N5. The van der Waals surface area contributed by atoms with Crippen LogP contribution in [0.3, 0.4) is 0 Å². The predicted molar refractivity (Wildman–Crippen MR) is 76.0 cm³/mol. The largest absolute Gasteiger partial charge is 0.310 e. The molecule has 0 aliphatic carbocycles. The summed E-state index contributed by atoms with van der Waals surface area (Å²) in [7, 11) is 1.97. The maximum atomic E-state index is 4.43. The van der Waals surface area contributed by atoms with Crippen molar-refractivity contribution in [1.82, 2.24) is 24.9 Å². The van der Waals surface area contributed by atoms with Crippen molar-refractivity contribution in [3.63, 3.8) is 0 Å². The fraction of sp³-hybridized carbons (Fsp3) is 0.571. The van der Waals surface area contributed by atoms with Crippen molar-refractivity contribution >= 4 is 0 Å². The molecule has 2 aromatic heterocycles. The highest BCUT2D eigenvalue weighted by atomic mass is 15.3. The molecular weight excluding hydrogens is 238 g/mol. The summed E-state index contributed by atoms with van der Waals surface area (Å²) in [5.74, 6) is 0. The number of hydrogen-bond acceptors (Lipinski definition) is 3. The molecule has 0 bridgehead atoms. The average Bonchev–Trinajstić information content (AvgIpc) is 2.94. The molecule has 104 valence electrons. The Hall–Kier alpha value is -1.62. The molecule has 0 saturated carbocycles. The SMILES string of the molecule is CCCNC(C)c1cnn(Cc2cc(C)nn2C)c1. The number of aryl methyl sites for hydroxylation is 2. The van der Waals surface area contributed by atoms with Crippen molar-refractivity contribution in [3.05, 3.63) is 35.4 Å². The zero-order valence-corrected chi connectivity index (χ0v) is 12.2. The van der Waals surface area contributed by atoms with E-state index in [1.165, 1.54) is 11.3 Å². The van der Waals surface area contributed by atoms with E-state index in [0.29, 0.717) is 6.04 Å². The van der Waals surface area contributed by atoms with Crippen molar-refractivity contribution in [2.45, 2.75) is 39.8 Å². The summed E-state index contributed by atoms with van der Waals surface area (Å²) in [4.78, 5) is 0. The lowest BCUT2D eigenvalue weighted by Crippen LogP contribution is -2.18.